The van der Waals surface area contributed by atoms with Crippen LogP contribution in [0.5, 0.6) is 0 Å². The number of nitrogen functional groups attached to an aromatic ring is 1. The second-order valence-electron chi connectivity index (χ2n) is 7.17. The van der Waals surface area contributed by atoms with Gasteiger partial charge in [-0.05, 0) is 55.5 Å². The number of carbonyl (C=O) groups excluding carboxylic acids is 1. The molecule has 32 heavy (non-hydrogen) atoms. The number of para-hydroxylation sites is 1. The molecule has 10 heteroatoms. The van der Waals surface area contributed by atoms with Crippen molar-refractivity contribution in [2.75, 3.05) is 17.3 Å². The zero-order chi connectivity index (χ0) is 22.8. The highest BCUT2D eigenvalue weighted by Crippen LogP contribution is 2.35. The number of hydrogen-bond acceptors (Lipinski definition) is 7. The number of hydrogen-bond donors (Lipinski definition) is 2. The summed E-state index contributed by atoms with van der Waals surface area (Å²) in [4.78, 5) is 17.2. The monoisotopic (exact) mass is 468 g/mol. The van der Waals surface area contributed by atoms with Crippen LogP contribution in [0.3, 0.4) is 0 Å². The molecule has 3 N–H and O–H groups in total. The topological polar surface area (TPSA) is 112 Å². The minimum Gasteiger partial charge on any atom is -0.383 e. The summed E-state index contributed by atoms with van der Waals surface area (Å²) in [6.45, 7) is 3.84. The van der Waals surface area contributed by atoms with Crippen molar-refractivity contribution < 1.29 is 9.32 Å². The van der Waals surface area contributed by atoms with Gasteiger partial charge in [0, 0.05) is 16.3 Å². The number of benzene rings is 2. The van der Waals surface area contributed by atoms with Gasteiger partial charge in [0.05, 0.1) is 0 Å². The van der Waals surface area contributed by atoms with Gasteiger partial charge in [-0.25, -0.2) is 4.68 Å². The Morgan fingerprint density at radius 2 is 1.88 bits per heavy atom. The summed E-state index contributed by atoms with van der Waals surface area (Å²) in [5.41, 5.74) is 10.4. The molecule has 2 heterocycles. The number of thioether (sulfide) groups is 1. The van der Waals surface area contributed by atoms with Gasteiger partial charge in [-0.1, -0.05) is 35.0 Å². The lowest BCUT2D eigenvalue weighted by Crippen LogP contribution is -2.21. The quantitative estimate of drug-likeness (QED) is 0.390. The molecule has 0 aliphatic carbocycles. The molecule has 0 atom stereocenters. The Morgan fingerprint density at radius 1 is 1.19 bits per heavy atom. The van der Waals surface area contributed by atoms with Crippen molar-refractivity contribution in [2.24, 2.45) is 0 Å². The first-order chi connectivity index (χ1) is 15.4. The van der Waals surface area contributed by atoms with Gasteiger partial charge < -0.3 is 15.6 Å². The standard InChI is InChI=1S/C22H21ClN6O2S/c1-12-5-4-6-13(2)18(12)25-16(30)11-29-19(24)17(22(27-29)32-3)21-26-20(28-31-21)14-7-9-15(23)10-8-14/h4-10H,11,24H2,1-3H3,(H,25,30). The summed E-state index contributed by atoms with van der Waals surface area (Å²) in [7, 11) is 0. The first-order valence-corrected chi connectivity index (χ1v) is 11.3. The number of halogens is 1. The first-order valence-electron chi connectivity index (χ1n) is 9.73. The number of amides is 1. The average Bonchev–Trinajstić information content (AvgIpc) is 3.36. The maximum Gasteiger partial charge on any atom is 0.264 e. The van der Waals surface area contributed by atoms with Crippen LogP contribution in [0.25, 0.3) is 22.8 Å². The van der Waals surface area contributed by atoms with Gasteiger partial charge in [-0.3, -0.25) is 4.79 Å². The van der Waals surface area contributed by atoms with E-state index in [1.807, 2.05) is 38.3 Å². The molecule has 0 radical (unpaired) electrons. The highest BCUT2D eigenvalue weighted by molar-refractivity contribution is 7.98. The van der Waals surface area contributed by atoms with E-state index >= 15 is 0 Å². The van der Waals surface area contributed by atoms with Crippen LogP contribution in [0.4, 0.5) is 11.5 Å². The molecule has 0 aliphatic rings. The van der Waals surface area contributed by atoms with Crippen molar-refractivity contribution in [3.05, 3.63) is 58.6 Å². The van der Waals surface area contributed by atoms with Crippen molar-refractivity contribution in [2.45, 2.75) is 25.4 Å². The third-order valence-electron chi connectivity index (χ3n) is 4.93. The Bertz CT molecular complexity index is 1260. The van der Waals surface area contributed by atoms with E-state index in [9.17, 15) is 4.79 Å². The van der Waals surface area contributed by atoms with Crippen molar-refractivity contribution in [1.82, 2.24) is 19.9 Å². The zero-order valence-corrected chi connectivity index (χ0v) is 19.3. The summed E-state index contributed by atoms with van der Waals surface area (Å²) in [5.74, 6) is 0.683. The van der Waals surface area contributed by atoms with Gasteiger partial charge in [-0.2, -0.15) is 10.1 Å². The van der Waals surface area contributed by atoms with Gasteiger partial charge in [-0.15, -0.1) is 11.8 Å². The molecule has 0 aliphatic heterocycles. The van der Waals surface area contributed by atoms with Gasteiger partial charge in [0.25, 0.3) is 5.89 Å². The number of nitrogens with one attached hydrogen (secondary N) is 1. The number of carbonyl (C=O) groups is 1. The van der Waals surface area contributed by atoms with Crippen molar-refractivity contribution in [1.29, 1.82) is 0 Å². The number of nitrogens with two attached hydrogens (primary N) is 1. The summed E-state index contributed by atoms with van der Waals surface area (Å²) in [5, 5.41) is 12.7. The van der Waals surface area contributed by atoms with E-state index in [4.69, 9.17) is 21.9 Å². The molecule has 0 saturated carbocycles. The van der Waals surface area contributed by atoms with E-state index in [1.54, 1.807) is 24.3 Å². The Kier molecular flexibility index (Phi) is 6.20. The molecule has 4 aromatic rings. The Hall–Kier alpha value is -3.30. The highest BCUT2D eigenvalue weighted by atomic mass is 35.5. The molecule has 0 fully saturated rings. The predicted molar refractivity (Wildman–Crippen MR) is 127 cm³/mol. The van der Waals surface area contributed by atoms with Crippen LogP contribution in [-0.4, -0.2) is 32.1 Å². The number of anilines is 2. The normalized spacial score (nSPS) is 11.0. The smallest absolute Gasteiger partial charge is 0.264 e. The molecule has 1 amide bonds. The molecular formula is C22H21ClN6O2S. The van der Waals surface area contributed by atoms with Crippen LogP contribution in [0.15, 0.2) is 52.0 Å². The molecule has 4 rings (SSSR count). The van der Waals surface area contributed by atoms with Crippen LogP contribution in [0, 0.1) is 13.8 Å². The molecule has 8 nitrogen and oxygen atoms in total. The summed E-state index contributed by atoms with van der Waals surface area (Å²) >= 11 is 7.33. The lowest BCUT2D eigenvalue weighted by Gasteiger charge is -2.11. The molecular weight excluding hydrogens is 448 g/mol. The number of nitrogens with zero attached hydrogens (tertiary/aromatic N) is 4. The van der Waals surface area contributed by atoms with Crippen molar-refractivity contribution in [3.8, 4) is 22.8 Å². The van der Waals surface area contributed by atoms with Gasteiger partial charge in [0.2, 0.25) is 11.7 Å². The Labute approximate surface area is 194 Å². The average molecular weight is 469 g/mol. The molecule has 164 valence electrons. The fourth-order valence-electron chi connectivity index (χ4n) is 3.28. The summed E-state index contributed by atoms with van der Waals surface area (Å²) in [6, 6.07) is 13.0. The summed E-state index contributed by atoms with van der Waals surface area (Å²) in [6.07, 6.45) is 1.86. The fourth-order valence-corrected chi connectivity index (χ4v) is 3.99. The maximum absolute atomic E-state index is 12.7. The third kappa shape index (κ3) is 4.35. The number of rotatable bonds is 6. The van der Waals surface area contributed by atoms with Crippen molar-refractivity contribution in [3.63, 3.8) is 0 Å². The number of aromatic nitrogens is 4. The molecule has 0 unspecified atom stereocenters. The van der Waals surface area contributed by atoms with E-state index in [0.717, 1.165) is 22.4 Å². The second kappa shape index (κ2) is 9.05. The highest BCUT2D eigenvalue weighted by Gasteiger charge is 2.24. The molecule has 2 aromatic carbocycles. The molecule has 0 bridgehead atoms. The minimum absolute atomic E-state index is 0.0503. The minimum atomic E-state index is -0.233. The van der Waals surface area contributed by atoms with E-state index in [-0.39, 0.29) is 24.2 Å². The van der Waals surface area contributed by atoms with E-state index in [1.165, 1.54) is 16.4 Å². The van der Waals surface area contributed by atoms with E-state index < -0.39 is 0 Å². The predicted octanol–water partition coefficient (Wildman–Crippen LogP) is 4.81. The Morgan fingerprint density at radius 3 is 2.53 bits per heavy atom. The Balaban J connectivity index is 1.60. The van der Waals surface area contributed by atoms with Crippen LogP contribution in [0.1, 0.15) is 11.1 Å². The molecule has 0 spiro atoms. The zero-order valence-electron chi connectivity index (χ0n) is 17.7. The number of aryl methyl sites for hydroxylation is 2. The van der Waals surface area contributed by atoms with E-state index in [2.05, 4.69) is 20.6 Å². The van der Waals surface area contributed by atoms with Gasteiger partial charge in [0.1, 0.15) is 23.0 Å². The van der Waals surface area contributed by atoms with Gasteiger partial charge in [0.15, 0.2) is 0 Å². The molecule has 0 saturated heterocycles. The first kappa shape index (κ1) is 21.9. The SMILES string of the molecule is CSc1nn(CC(=O)Nc2c(C)cccc2C)c(N)c1-c1nc(-c2ccc(Cl)cc2)no1. The largest absolute Gasteiger partial charge is 0.383 e. The van der Waals surface area contributed by atoms with Crippen LogP contribution < -0.4 is 11.1 Å². The lowest BCUT2D eigenvalue weighted by atomic mass is 10.1. The summed E-state index contributed by atoms with van der Waals surface area (Å²) < 4.78 is 6.90. The van der Waals surface area contributed by atoms with E-state index in [0.29, 0.717) is 21.4 Å². The lowest BCUT2D eigenvalue weighted by molar-refractivity contribution is -0.116. The van der Waals surface area contributed by atoms with Gasteiger partial charge >= 0.3 is 0 Å². The van der Waals surface area contributed by atoms with Crippen LogP contribution >= 0.6 is 23.4 Å². The maximum atomic E-state index is 12.7. The second-order valence-corrected chi connectivity index (χ2v) is 8.40. The van der Waals surface area contributed by atoms with Crippen molar-refractivity contribution >= 4 is 40.8 Å². The fraction of sp³-hybridized carbons (Fsp3) is 0.182. The van der Waals surface area contributed by atoms with Crippen LogP contribution in [0.2, 0.25) is 5.02 Å². The molecule has 2 aromatic heterocycles. The third-order valence-corrected chi connectivity index (χ3v) is 5.86. The van der Waals surface area contributed by atoms with Crippen LogP contribution in [-0.2, 0) is 11.3 Å².